The van der Waals surface area contributed by atoms with E-state index in [1.54, 1.807) is 0 Å². The molecule has 2 aromatic carbocycles. The molecule has 9 nitrogen and oxygen atoms in total. The van der Waals surface area contributed by atoms with Crippen LogP contribution in [0, 0.1) is 0 Å². The number of nitrogens with zero attached hydrogens (tertiary/aromatic N) is 3. The molecule has 1 amide bonds. The minimum atomic E-state index is -1.34. The fourth-order valence-corrected chi connectivity index (χ4v) is 7.57. The molecule has 0 radical (unpaired) electrons. The number of furan rings is 1. The largest absolute Gasteiger partial charge is 0.456 e. The Bertz CT molecular complexity index is 1660. The molecule has 2 N–H and O–H groups in total. The minimum Gasteiger partial charge on any atom is -0.456 e. The van der Waals surface area contributed by atoms with Gasteiger partial charge in [-0.15, -0.1) is 0 Å². The van der Waals surface area contributed by atoms with Crippen LogP contribution in [0.1, 0.15) is 61.3 Å². The van der Waals surface area contributed by atoms with Crippen molar-refractivity contribution in [2.45, 2.75) is 50.9 Å². The molecule has 6 rings (SSSR count). The van der Waals surface area contributed by atoms with Gasteiger partial charge in [0.2, 0.25) is 0 Å². The van der Waals surface area contributed by atoms with Crippen molar-refractivity contribution < 1.29 is 23.3 Å². The number of fused-ring (bicyclic) bond motifs is 2. The van der Waals surface area contributed by atoms with Crippen molar-refractivity contribution >= 4 is 27.9 Å². The van der Waals surface area contributed by atoms with Gasteiger partial charge in [0.25, 0.3) is 5.91 Å². The van der Waals surface area contributed by atoms with E-state index < -0.39 is 15.7 Å². The maximum Gasteiger partial charge on any atom is 0.269 e. The lowest BCUT2D eigenvalue weighted by Crippen LogP contribution is -2.38. The summed E-state index contributed by atoms with van der Waals surface area (Å²) in [7, 11) is -1.34. The smallest absolute Gasteiger partial charge is 0.269 e. The molecular weight excluding hydrogens is 588 g/mol. The van der Waals surface area contributed by atoms with Crippen LogP contribution in [-0.4, -0.2) is 80.2 Å². The topological polar surface area (TPSA) is 108 Å². The van der Waals surface area contributed by atoms with Gasteiger partial charge in [0.15, 0.2) is 0 Å². The highest BCUT2D eigenvalue weighted by Gasteiger charge is 2.40. The molecule has 2 aliphatic rings. The first kappa shape index (κ1) is 31.6. The zero-order valence-electron chi connectivity index (χ0n) is 26.3. The molecule has 4 aromatic rings. The lowest BCUT2D eigenvalue weighted by atomic mass is 9.95. The third-order valence-corrected chi connectivity index (χ3v) is 10.3. The van der Waals surface area contributed by atoms with Crippen LogP contribution in [0.25, 0.3) is 33.6 Å². The van der Waals surface area contributed by atoms with E-state index in [9.17, 15) is 14.1 Å². The van der Waals surface area contributed by atoms with Gasteiger partial charge >= 0.3 is 0 Å². The van der Waals surface area contributed by atoms with Crippen LogP contribution in [0.15, 0.2) is 65.1 Å². The first-order chi connectivity index (χ1) is 21.7. The minimum absolute atomic E-state index is 0.0637. The summed E-state index contributed by atoms with van der Waals surface area (Å²) in [6.07, 6.45) is 1.24. The number of hydrogen-bond donors (Lipinski definition) is 2. The fraction of sp³-hybridized carbons (Fsp3) is 0.429. The van der Waals surface area contributed by atoms with Crippen molar-refractivity contribution in [3.05, 3.63) is 77.5 Å². The third-order valence-electron chi connectivity index (χ3n) is 8.41. The number of para-hydroxylation sites is 1. The number of benzene rings is 2. The van der Waals surface area contributed by atoms with E-state index in [4.69, 9.17) is 14.1 Å². The van der Waals surface area contributed by atoms with Gasteiger partial charge in [0.1, 0.15) is 28.0 Å². The molecule has 1 fully saturated rings. The molecule has 1 unspecified atom stereocenters. The number of hydrogen-bond acceptors (Lipinski definition) is 7. The van der Waals surface area contributed by atoms with Crippen LogP contribution in [0.4, 0.5) is 0 Å². The lowest BCUT2D eigenvalue weighted by Gasteiger charge is -2.30. The van der Waals surface area contributed by atoms with E-state index in [0.717, 1.165) is 78.3 Å². The second-order valence-corrected chi connectivity index (χ2v) is 14.9. The molecule has 4 heterocycles. The Labute approximate surface area is 267 Å². The van der Waals surface area contributed by atoms with Gasteiger partial charge in [-0.1, -0.05) is 36.4 Å². The Morgan fingerprint density at radius 2 is 1.84 bits per heavy atom. The number of pyridine rings is 1. The Morgan fingerprint density at radius 1 is 1.07 bits per heavy atom. The predicted molar refractivity (Wildman–Crippen MR) is 177 cm³/mol. The molecule has 0 spiro atoms. The highest BCUT2D eigenvalue weighted by molar-refractivity contribution is 7.84. The molecule has 0 saturated carbocycles. The van der Waals surface area contributed by atoms with E-state index in [-0.39, 0.29) is 18.6 Å². The van der Waals surface area contributed by atoms with Crippen LogP contribution < -0.4 is 5.32 Å². The number of nitrogens with one attached hydrogen (secondary N) is 1. The van der Waals surface area contributed by atoms with E-state index in [1.165, 1.54) is 0 Å². The summed E-state index contributed by atoms with van der Waals surface area (Å²) in [5, 5.41) is 14.2. The van der Waals surface area contributed by atoms with Crippen LogP contribution in [0.2, 0.25) is 0 Å². The number of carbonyl (C=O) groups excluding carboxylic acids is 1. The third kappa shape index (κ3) is 6.90. The van der Waals surface area contributed by atoms with Gasteiger partial charge < -0.3 is 19.6 Å². The summed E-state index contributed by atoms with van der Waals surface area (Å²) in [4.78, 5) is 20.8. The van der Waals surface area contributed by atoms with Crippen molar-refractivity contribution in [1.82, 2.24) is 19.5 Å². The number of aliphatic hydroxyl groups excluding tert-OH is 1. The molecular formula is C35H42N4O5S. The van der Waals surface area contributed by atoms with Crippen LogP contribution in [0.3, 0.4) is 0 Å². The van der Waals surface area contributed by atoms with Crippen molar-refractivity contribution in [2.75, 3.05) is 46.0 Å². The summed E-state index contributed by atoms with van der Waals surface area (Å²) in [6.45, 7) is 11.0. The first-order valence-corrected chi connectivity index (χ1v) is 16.8. The zero-order chi connectivity index (χ0) is 31.6. The fourth-order valence-electron chi connectivity index (χ4n) is 6.17. The number of rotatable bonds is 10. The molecule has 238 valence electrons. The number of amides is 1. The number of aromatic nitrogens is 1. The second kappa shape index (κ2) is 13.5. The number of morpholine rings is 1. The average Bonchev–Trinajstić information content (AvgIpc) is 3.64. The molecule has 2 aromatic heterocycles. The molecule has 45 heavy (non-hydrogen) atoms. The van der Waals surface area contributed by atoms with E-state index in [1.807, 2.05) is 85.7 Å². The first-order valence-electron chi connectivity index (χ1n) is 15.7. The maximum absolute atomic E-state index is 13.7. The second-order valence-electron chi connectivity index (χ2n) is 12.7. The molecule has 0 bridgehead atoms. The van der Waals surface area contributed by atoms with Crippen molar-refractivity contribution in [3.63, 3.8) is 0 Å². The number of aliphatic hydroxyl groups is 1. The summed E-state index contributed by atoms with van der Waals surface area (Å²) >= 11 is 0. The molecule has 0 aliphatic carbocycles. The van der Waals surface area contributed by atoms with Gasteiger partial charge in [-0.05, 0) is 70.0 Å². The van der Waals surface area contributed by atoms with Gasteiger partial charge in [0, 0.05) is 54.9 Å². The van der Waals surface area contributed by atoms with Crippen LogP contribution in [-0.2, 0) is 22.3 Å². The Kier molecular flexibility index (Phi) is 9.49. The van der Waals surface area contributed by atoms with Crippen LogP contribution in [0.5, 0.6) is 0 Å². The Balaban J connectivity index is 1.35. The summed E-state index contributed by atoms with van der Waals surface area (Å²) in [5.74, 6) is 0.509. The zero-order valence-corrected chi connectivity index (χ0v) is 27.1. The highest BCUT2D eigenvalue weighted by atomic mass is 32.2. The SMILES string of the molecule is CC(C)(C)S(=O)N1Cc2cc(C(=O)NCCCN3CCOCC3)nc(-c3cccc(-c4cc5ccccc5o4)c3)c2[C@H]1CCO. The van der Waals surface area contributed by atoms with E-state index in [0.29, 0.717) is 30.9 Å². The van der Waals surface area contributed by atoms with Crippen LogP contribution >= 0.6 is 0 Å². The summed E-state index contributed by atoms with van der Waals surface area (Å²) in [6, 6.07) is 19.4. The summed E-state index contributed by atoms with van der Waals surface area (Å²) < 4.78 is 26.8. The quantitative estimate of drug-likeness (QED) is 0.229. The van der Waals surface area contributed by atoms with Crippen molar-refractivity contribution in [2.24, 2.45) is 0 Å². The predicted octanol–water partition coefficient (Wildman–Crippen LogP) is 5.32. The van der Waals surface area contributed by atoms with E-state index >= 15 is 0 Å². The van der Waals surface area contributed by atoms with Crippen molar-refractivity contribution in [1.29, 1.82) is 0 Å². The van der Waals surface area contributed by atoms with Gasteiger partial charge in [-0.3, -0.25) is 9.69 Å². The van der Waals surface area contributed by atoms with Gasteiger partial charge in [0.05, 0.1) is 29.7 Å². The van der Waals surface area contributed by atoms with Gasteiger partial charge in [-0.2, -0.15) is 0 Å². The number of carbonyl (C=O) groups is 1. The van der Waals surface area contributed by atoms with Crippen molar-refractivity contribution in [3.8, 4) is 22.6 Å². The molecule has 10 heteroatoms. The van der Waals surface area contributed by atoms with Gasteiger partial charge in [-0.25, -0.2) is 13.5 Å². The lowest BCUT2D eigenvalue weighted by molar-refractivity contribution is 0.0374. The number of ether oxygens (including phenoxy) is 1. The Morgan fingerprint density at radius 3 is 2.60 bits per heavy atom. The molecule has 2 atom stereocenters. The Hall–Kier alpha value is -3.41. The highest BCUT2D eigenvalue weighted by Crippen LogP contribution is 2.44. The molecule has 1 saturated heterocycles. The standard InChI is InChI=1S/C35H42N4O5S/c1-35(2,3)45(42)39-23-27-21-28(34(41)36-13-7-14-38-15-18-43-19-16-38)37-33(32(27)29(39)12-17-40)26-10-6-9-24(20-26)31-22-25-8-4-5-11-30(25)44-31/h4-6,8-11,20-22,29,40H,7,12-19,23H2,1-3H3,(H,36,41)/t29-,45?/m1/s1. The van der Waals surface area contributed by atoms with E-state index in [2.05, 4.69) is 10.2 Å². The normalized spacial score (nSPS) is 18.3. The average molecular weight is 631 g/mol. The summed E-state index contributed by atoms with van der Waals surface area (Å²) in [5.41, 5.74) is 5.34. The molecule has 2 aliphatic heterocycles. The monoisotopic (exact) mass is 630 g/mol. The maximum atomic E-state index is 13.7.